The van der Waals surface area contributed by atoms with E-state index in [4.69, 9.17) is 14.6 Å². The lowest BCUT2D eigenvalue weighted by atomic mass is 10.0. The molecule has 5 rings (SSSR count). The van der Waals surface area contributed by atoms with E-state index < -0.39 is 0 Å². The van der Waals surface area contributed by atoms with E-state index in [0.717, 1.165) is 21.9 Å². The van der Waals surface area contributed by atoms with Crippen LogP contribution in [0, 0.1) is 0 Å². The number of methoxy groups -OCH3 is 2. The van der Waals surface area contributed by atoms with Gasteiger partial charge in [0.15, 0.2) is 11.0 Å². The minimum absolute atomic E-state index is 0.132. The summed E-state index contributed by atoms with van der Waals surface area (Å²) in [6.07, 6.45) is 0.628. The van der Waals surface area contributed by atoms with E-state index in [0.29, 0.717) is 28.7 Å². The molecule has 4 aromatic rings. The van der Waals surface area contributed by atoms with Crippen molar-refractivity contribution in [2.45, 2.75) is 24.2 Å². The summed E-state index contributed by atoms with van der Waals surface area (Å²) < 4.78 is 12.3. The van der Waals surface area contributed by atoms with Crippen molar-refractivity contribution >= 4 is 40.6 Å². The molecule has 206 valence electrons. The second-order valence-electron chi connectivity index (χ2n) is 8.88. The van der Waals surface area contributed by atoms with E-state index in [1.165, 1.54) is 18.9 Å². The Morgan fingerprint density at radius 2 is 1.85 bits per heavy atom. The molecule has 1 N–H and O–H groups in total. The fourth-order valence-electron chi connectivity index (χ4n) is 4.32. The Morgan fingerprint density at radius 1 is 1.05 bits per heavy atom. The number of carbonyl (C=O) groups excluding carboxylic acids is 2. The number of thioether (sulfide) groups is 1. The number of carbonyl (C=O) groups is 2. The Balaban J connectivity index is 1.25. The maximum absolute atomic E-state index is 13.4. The minimum atomic E-state index is -0.275. The number of thiophene rings is 1. The summed E-state index contributed by atoms with van der Waals surface area (Å²) >= 11 is 2.89. The lowest BCUT2D eigenvalue weighted by Gasteiger charge is -2.22. The highest BCUT2D eigenvalue weighted by molar-refractivity contribution is 7.99. The van der Waals surface area contributed by atoms with Gasteiger partial charge in [0.2, 0.25) is 0 Å². The van der Waals surface area contributed by atoms with Crippen molar-refractivity contribution in [3.63, 3.8) is 0 Å². The summed E-state index contributed by atoms with van der Waals surface area (Å²) in [7, 11) is 4.96. The zero-order valence-corrected chi connectivity index (χ0v) is 23.9. The van der Waals surface area contributed by atoms with Crippen LogP contribution in [0.15, 0.2) is 76.3 Å². The van der Waals surface area contributed by atoms with Gasteiger partial charge in [0.1, 0.15) is 11.5 Å². The number of ether oxygens (including phenoxy) is 2. The Labute approximate surface area is 240 Å². The Bertz CT molecular complexity index is 1520. The highest BCUT2D eigenvalue weighted by atomic mass is 32.2. The smallest absolute Gasteiger partial charge is 0.255 e. The van der Waals surface area contributed by atoms with E-state index >= 15 is 0 Å². The second kappa shape index (κ2) is 12.3. The maximum Gasteiger partial charge on any atom is 0.255 e. The van der Waals surface area contributed by atoms with Crippen LogP contribution in [-0.2, 0) is 18.4 Å². The zero-order valence-electron chi connectivity index (χ0n) is 22.2. The number of nitrogens with one attached hydrogen (secondary N) is 1. The van der Waals surface area contributed by atoms with Crippen molar-refractivity contribution in [2.75, 3.05) is 20.0 Å². The number of para-hydroxylation sites is 1. The normalized spacial score (nSPS) is 14.6. The molecule has 0 bridgehead atoms. The van der Waals surface area contributed by atoms with E-state index in [2.05, 4.69) is 15.5 Å². The molecule has 2 amide bonds. The fourth-order valence-corrected chi connectivity index (χ4v) is 5.82. The molecule has 2 aromatic carbocycles. The fraction of sp³-hybridized carbons (Fsp3) is 0.250. The molecule has 3 heterocycles. The average molecular weight is 577 g/mol. The first kappa shape index (κ1) is 27.4. The van der Waals surface area contributed by atoms with Crippen molar-refractivity contribution in [3.05, 3.63) is 87.9 Å². The van der Waals surface area contributed by atoms with Crippen LogP contribution in [0.5, 0.6) is 11.5 Å². The summed E-state index contributed by atoms with van der Waals surface area (Å²) in [6, 6.07) is 18.5. The quantitative estimate of drug-likeness (QED) is 0.280. The molecule has 1 aliphatic heterocycles. The molecule has 10 nitrogen and oxygen atoms in total. The molecular formula is C28H28N6O4S2. The molecular weight excluding hydrogens is 548 g/mol. The van der Waals surface area contributed by atoms with Crippen LogP contribution in [0.25, 0.3) is 0 Å². The SMILES string of the molecule is COc1ccc([C@@H]2CC(c3cccs3)=NN2C(=O)CSc2nnc(CNC(=O)c3ccccc3OC)n2C)cc1. The van der Waals surface area contributed by atoms with Crippen molar-refractivity contribution in [1.82, 2.24) is 25.1 Å². The highest BCUT2D eigenvalue weighted by Gasteiger charge is 2.33. The van der Waals surface area contributed by atoms with Gasteiger partial charge in [0, 0.05) is 13.5 Å². The Kier molecular flexibility index (Phi) is 8.46. The Hall–Kier alpha value is -4.16. The average Bonchev–Trinajstić information content (AvgIpc) is 3.75. The van der Waals surface area contributed by atoms with Crippen LogP contribution in [0.2, 0.25) is 0 Å². The van der Waals surface area contributed by atoms with Gasteiger partial charge in [-0.3, -0.25) is 9.59 Å². The van der Waals surface area contributed by atoms with E-state index in [1.807, 2.05) is 41.8 Å². The lowest BCUT2D eigenvalue weighted by molar-refractivity contribution is -0.130. The number of hydrogen-bond donors (Lipinski definition) is 1. The number of benzene rings is 2. The van der Waals surface area contributed by atoms with Crippen molar-refractivity contribution < 1.29 is 19.1 Å². The molecule has 0 radical (unpaired) electrons. The third-order valence-electron chi connectivity index (χ3n) is 6.48. The third-order valence-corrected chi connectivity index (χ3v) is 8.40. The topological polar surface area (TPSA) is 111 Å². The van der Waals surface area contributed by atoms with Gasteiger partial charge in [-0.05, 0) is 41.3 Å². The predicted molar refractivity (Wildman–Crippen MR) is 154 cm³/mol. The zero-order chi connectivity index (χ0) is 28.1. The summed E-state index contributed by atoms with van der Waals surface area (Å²) in [5, 5.41) is 20.2. The number of hydrogen-bond acceptors (Lipinski definition) is 9. The molecule has 0 aliphatic carbocycles. The molecule has 0 saturated heterocycles. The molecule has 0 fully saturated rings. The second-order valence-corrected chi connectivity index (χ2v) is 10.8. The maximum atomic E-state index is 13.4. The molecule has 40 heavy (non-hydrogen) atoms. The van der Waals surface area contributed by atoms with Gasteiger partial charge in [-0.1, -0.05) is 42.1 Å². The van der Waals surface area contributed by atoms with Crippen LogP contribution in [0.1, 0.15) is 39.1 Å². The van der Waals surface area contributed by atoms with E-state index in [9.17, 15) is 9.59 Å². The largest absolute Gasteiger partial charge is 0.497 e. The summed E-state index contributed by atoms with van der Waals surface area (Å²) in [5.41, 5.74) is 2.31. The molecule has 1 aliphatic rings. The number of hydrazone groups is 1. The standard InChI is InChI=1S/C28H28N6O4S2/c1-33-25(16-29-27(36)20-7-4-5-8-23(20)38-3)30-31-28(33)40-17-26(35)34-22(18-10-12-19(37-2)13-11-18)15-21(32-34)24-9-6-14-39-24/h4-14,22H,15-17H2,1-3H3,(H,29,36)/t22-/m0/s1. The minimum Gasteiger partial charge on any atom is -0.497 e. The Morgan fingerprint density at radius 3 is 2.58 bits per heavy atom. The van der Waals surface area contributed by atoms with Gasteiger partial charge in [-0.15, -0.1) is 21.5 Å². The van der Waals surface area contributed by atoms with Gasteiger partial charge >= 0.3 is 0 Å². The molecule has 0 spiro atoms. The van der Waals surface area contributed by atoms with Crippen LogP contribution < -0.4 is 14.8 Å². The van der Waals surface area contributed by atoms with Gasteiger partial charge in [0.25, 0.3) is 11.8 Å². The predicted octanol–water partition coefficient (Wildman–Crippen LogP) is 4.29. The van der Waals surface area contributed by atoms with E-state index in [-0.39, 0.29) is 30.2 Å². The summed E-state index contributed by atoms with van der Waals surface area (Å²) in [6.45, 7) is 0.176. The summed E-state index contributed by atoms with van der Waals surface area (Å²) in [4.78, 5) is 27.1. The highest BCUT2D eigenvalue weighted by Crippen LogP contribution is 2.35. The first-order valence-electron chi connectivity index (χ1n) is 12.5. The van der Waals surface area contributed by atoms with Crippen molar-refractivity contribution in [1.29, 1.82) is 0 Å². The van der Waals surface area contributed by atoms with Crippen LogP contribution in [-0.4, -0.2) is 57.3 Å². The van der Waals surface area contributed by atoms with Gasteiger partial charge in [0.05, 0.1) is 48.7 Å². The van der Waals surface area contributed by atoms with Gasteiger partial charge in [-0.25, -0.2) is 5.01 Å². The number of nitrogens with zero attached hydrogens (tertiary/aromatic N) is 5. The first-order chi connectivity index (χ1) is 19.5. The number of rotatable bonds is 10. The van der Waals surface area contributed by atoms with E-state index in [1.54, 1.807) is 59.3 Å². The summed E-state index contributed by atoms with van der Waals surface area (Å²) in [5.74, 6) is 1.54. The molecule has 1 atom stereocenters. The lowest BCUT2D eigenvalue weighted by Crippen LogP contribution is -2.28. The van der Waals surface area contributed by atoms with Crippen LogP contribution >= 0.6 is 23.1 Å². The van der Waals surface area contributed by atoms with Gasteiger partial charge in [-0.2, -0.15) is 5.10 Å². The third kappa shape index (κ3) is 5.87. The van der Waals surface area contributed by atoms with Crippen LogP contribution in [0.3, 0.4) is 0 Å². The van der Waals surface area contributed by atoms with Crippen LogP contribution in [0.4, 0.5) is 0 Å². The molecule has 0 saturated carbocycles. The molecule has 12 heteroatoms. The number of amides is 2. The monoisotopic (exact) mass is 576 g/mol. The molecule has 2 aromatic heterocycles. The van der Waals surface area contributed by atoms with Crippen molar-refractivity contribution in [3.8, 4) is 11.5 Å². The van der Waals surface area contributed by atoms with Gasteiger partial charge < -0.3 is 19.4 Å². The first-order valence-corrected chi connectivity index (χ1v) is 14.3. The molecule has 0 unspecified atom stereocenters. The number of aromatic nitrogens is 3. The van der Waals surface area contributed by atoms with Crippen molar-refractivity contribution in [2.24, 2.45) is 12.1 Å².